The van der Waals surface area contributed by atoms with Gasteiger partial charge in [-0.3, -0.25) is 0 Å². The molecule has 0 aromatic carbocycles. The fourth-order valence-corrected chi connectivity index (χ4v) is 2.43. The summed E-state index contributed by atoms with van der Waals surface area (Å²) in [4.78, 5) is 0. The van der Waals surface area contributed by atoms with Crippen molar-refractivity contribution in [1.29, 1.82) is 0 Å². The highest BCUT2D eigenvalue weighted by Crippen LogP contribution is 2.20. The van der Waals surface area contributed by atoms with Crippen LogP contribution in [0.25, 0.3) is 0 Å². The van der Waals surface area contributed by atoms with Crippen molar-refractivity contribution >= 4 is 21.6 Å². The van der Waals surface area contributed by atoms with E-state index in [1.165, 1.54) is 0 Å². The fourth-order valence-electron chi connectivity index (χ4n) is 0.754. The van der Waals surface area contributed by atoms with Gasteiger partial charge in [0.2, 0.25) is 0 Å². The molecule has 0 N–H and O–H groups in total. The Kier molecular flexibility index (Phi) is 10.6. The average Bonchev–Trinajstić information content (AvgIpc) is 2.08. The molecular weight excluding hydrogens is 216 g/mol. The summed E-state index contributed by atoms with van der Waals surface area (Å²) in [7, 11) is 3.72. The Bertz CT molecular complexity index is 105. The van der Waals surface area contributed by atoms with E-state index in [2.05, 4.69) is 27.7 Å². The molecule has 0 aliphatic carbocycles. The van der Waals surface area contributed by atoms with Crippen molar-refractivity contribution in [3.63, 3.8) is 0 Å². The van der Waals surface area contributed by atoms with Crippen LogP contribution in [-0.4, -0.2) is 36.9 Å². The number of rotatable bonds is 9. The Morgan fingerprint density at radius 2 is 1.14 bits per heavy atom. The summed E-state index contributed by atoms with van der Waals surface area (Å²) in [5.41, 5.74) is 0. The molecule has 4 heteroatoms. The SMILES string of the molecule is CC(C)OCCSSCCOC(C)C. The first-order valence-corrected chi connectivity index (χ1v) is 7.59. The number of hydrogen-bond donors (Lipinski definition) is 0. The Morgan fingerprint density at radius 1 is 0.786 bits per heavy atom. The summed E-state index contributed by atoms with van der Waals surface area (Å²) in [6, 6.07) is 0. The summed E-state index contributed by atoms with van der Waals surface area (Å²) in [5.74, 6) is 2.12. The molecule has 0 aromatic heterocycles. The van der Waals surface area contributed by atoms with Gasteiger partial charge >= 0.3 is 0 Å². The van der Waals surface area contributed by atoms with Crippen molar-refractivity contribution in [2.24, 2.45) is 0 Å². The maximum absolute atomic E-state index is 5.42. The van der Waals surface area contributed by atoms with Gasteiger partial charge in [0.15, 0.2) is 0 Å². The Hall–Kier alpha value is 0.620. The molecule has 0 rings (SSSR count). The van der Waals surface area contributed by atoms with Gasteiger partial charge in [-0.05, 0) is 27.7 Å². The number of hydrogen-bond acceptors (Lipinski definition) is 4. The molecule has 0 atom stereocenters. The zero-order chi connectivity index (χ0) is 10.8. The van der Waals surface area contributed by atoms with Crippen LogP contribution >= 0.6 is 21.6 Å². The van der Waals surface area contributed by atoms with Gasteiger partial charge in [-0.2, -0.15) is 0 Å². The highest BCUT2D eigenvalue weighted by Gasteiger charge is 1.95. The second kappa shape index (κ2) is 10.1. The second-order valence-corrected chi connectivity index (χ2v) is 6.19. The lowest BCUT2D eigenvalue weighted by molar-refractivity contribution is 0.0916. The van der Waals surface area contributed by atoms with Crippen molar-refractivity contribution in [3.8, 4) is 0 Å². The largest absolute Gasteiger partial charge is 0.378 e. The molecule has 0 amide bonds. The van der Waals surface area contributed by atoms with Crippen LogP contribution in [0.3, 0.4) is 0 Å². The Labute approximate surface area is 95.9 Å². The first-order valence-electron chi connectivity index (χ1n) is 5.10. The van der Waals surface area contributed by atoms with Crippen molar-refractivity contribution < 1.29 is 9.47 Å². The van der Waals surface area contributed by atoms with E-state index in [4.69, 9.17) is 9.47 Å². The average molecular weight is 238 g/mol. The van der Waals surface area contributed by atoms with Crippen molar-refractivity contribution in [3.05, 3.63) is 0 Å². The van der Waals surface area contributed by atoms with Gasteiger partial charge in [0.1, 0.15) is 0 Å². The third-order valence-corrected chi connectivity index (χ3v) is 3.65. The summed E-state index contributed by atoms with van der Waals surface area (Å²) < 4.78 is 10.8. The molecule has 0 bridgehead atoms. The van der Waals surface area contributed by atoms with Gasteiger partial charge in [0, 0.05) is 11.5 Å². The maximum atomic E-state index is 5.42. The van der Waals surface area contributed by atoms with Gasteiger partial charge in [-0.25, -0.2) is 0 Å². The van der Waals surface area contributed by atoms with E-state index in [9.17, 15) is 0 Å². The zero-order valence-corrected chi connectivity index (χ0v) is 11.2. The van der Waals surface area contributed by atoms with Crippen LogP contribution in [0.2, 0.25) is 0 Å². The minimum Gasteiger partial charge on any atom is -0.378 e. The quantitative estimate of drug-likeness (QED) is 0.453. The molecule has 0 aliphatic heterocycles. The molecule has 0 fully saturated rings. The predicted octanol–water partition coefficient (Wildman–Crippen LogP) is 3.22. The molecule has 0 saturated carbocycles. The lowest BCUT2D eigenvalue weighted by Crippen LogP contribution is -2.06. The molecule has 0 saturated heterocycles. The molecule has 0 radical (unpaired) electrons. The molecule has 0 unspecified atom stereocenters. The lowest BCUT2D eigenvalue weighted by atomic mass is 10.5. The van der Waals surface area contributed by atoms with E-state index in [0.717, 1.165) is 24.7 Å². The predicted molar refractivity (Wildman–Crippen MR) is 67.1 cm³/mol. The molecule has 0 heterocycles. The highest BCUT2D eigenvalue weighted by atomic mass is 33.1. The van der Waals surface area contributed by atoms with Crippen LogP contribution in [0.1, 0.15) is 27.7 Å². The summed E-state index contributed by atoms with van der Waals surface area (Å²) >= 11 is 0. The number of ether oxygens (including phenoxy) is 2. The van der Waals surface area contributed by atoms with Crippen molar-refractivity contribution in [1.82, 2.24) is 0 Å². The van der Waals surface area contributed by atoms with E-state index in [-0.39, 0.29) is 0 Å². The summed E-state index contributed by atoms with van der Waals surface area (Å²) in [6.07, 6.45) is 0.703. The fraction of sp³-hybridized carbons (Fsp3) is 1.00. The molecule has 0 aromatic rings. The van der Waals surface area contributed by atoms with Crippen LogP contribution in [0.5, 0.6) is 0 Å². The normalized spacial score (nSPS) is 11.6. The maximum Gasteiger partial charge on any atom is 0.0568 e. The Balaban J connectivity index is 2.92. The van der Waals surface area contributed by atoms with Gasteiger partial charge < -0.3 is 9.47 Å². The van der Waals surface area contributed by atoms with E-state index in [0.29, 0.717) is 12.2 Å². The molecule has 2 nitrogen and oxygen atoms in total. The van der Waals surface area contributed by atoms with Crippen LogP contribution in [-0.2, 0) is 9.47 Å². The van der Waals surface area contributed by atoms with Crippen LogP contribution in [0.4, 0.5) is 0 Å². The summed E-state index contributed by atoms with van der Waals surface area (Å²) in [5, 5.41) is 0. The monoisotopic (exact) mass is 238 g/mol. The van der Waals surface area contributed by atoms with E-state index >= 15 is 0 Å². The second-order valence-electron chi connectivity index (χ2n) is 3.48. The Morgan fingerprint density at radius 3 is 1.43 bits per heavy atom. The molecule has 0 aliphatic rings. The van der Waals surface area contributed by atoms with Crippen LogP contribution < -0.4 is 0 Å². The van der Waals surface area contributed by atoms with Crippen molar-refractivity contribution in [2.45, 2.75) is 39.9 Å². The molecule has 0 spiro atoms. The van der Waals surface area contributed by atoms with E-state index < -0.39 is 0 Å². The third-order valence-electron chi connectivity index (χ3n) is 1.32. The molecular formula is C10H22O2S2. The smallest absolute Gasteiger partial charge is 0.0568 e. The first-order chi connectivity index (χ1) is 6.63. The standard InChI is InChI=1S/C10H22O2S2/c1-9(2)11-5-7-13-14-8-6-12-10(3)4/h9-10H,5-8H2,1-4H3. The molecule has 86 valence electrons. The van der Waals surface area contributed by atoms with Crippen molar-refractivity contribution in [2.75, 3.05) is 24.7 Å². The van der Waals surface area contributed by atoms with Crippen LogP contribution in [0.15, 0.2) is 0 Å². The highest BCUT2D eigenvalue weighted by molar-refractivity contribution is 8.76. The van der Waals surface area contributed by atoms with E-state index in [1.54, 1.807) is 0 Å². The molecule has 14 heavy (non-hydrogen) atoms. The van der Waals surface area contributed by atoms with Crippen LogP contribution in [0, 0.1) is 0 Å². The topological polar surface area (TPSA) is 18.5 Å². The summed E-state index contributed by atoms with van der Waals surface area (Å²) in [6.45, 7) is 9.95. The van der Waals surface area contributed by atoms with E-state index in [1.807, 2.05) is 21.6 Å². The lowest BCUT2D eigenvalue weighted by Gasteiger charge is -2.07. The van der Waals surface area contributed by atoms with Gasteiger partial charge in [-0.15, -0.1) is 0 Å². The minimum absolute atomic E-state index is 0.352. The van der Waals surface area contributed by atoms with Gasteiger partial charge in [0.25, 0.3) is 0 Å². The zero-order valence-electron chi connectivity index (χ0n) is 9.62. The van der Waals surface area contributed by atoms with Gasteiger partial charge in [0.05, 0.1) is 25.4 Å². The minimum atomic E-state index is 0.352. The van der Waals surface area contributed by atoms with Gasteiger partial charge in [-0.1, -0.05) is 21.6 Å². The first kappa shape index (κ1) is 14.6. The third kappa shape index (κ3) is 12.6.